The summed E-state index contributed by atoms with van der Waals surface area (Å²) in [6.45, 7) is 1.67. The Kier molecular flexibility index (Phi) is 4.20. The maximum Gasteiger partial charge on any atom is 0.292 e. The smallest absolute Gasteiger partial charge is 0.292 e. The van der Waals surface area contributed by atoms with Crippen molar-refractivity contribution in [2.45, 2.75) is 25.7 Å². The van der Waals surface area contributed by atoms with Crippen molar-refractivity contribution in [2.24, 2.45) is 5.11 Å². The molecule has 0 bridgehead atoms. The molecular formula is C12H15N5O2. The number of hydrogen-bond acceptors (Lipinski definition) is 4. The Labute approximate surface area is 110 Å². The molecule has 0 N–H and O–H groups in total. The summed E-state index contributed by atoms with van der Waals surface area (Å²) in [7, 11) is 0. The number of nitro groups is 1. The first-order valence-electron chi connectivity index (χ1n) is 6.31. The van der Waals surface area contributed by atoms with E-state index in [0.29, 0.717) is 5.69 Å². The Morgan fingerprint density at radius 1 is 1.26 bits per heavy atom. The molecule has 1 aliphatic heterocycles. The van der Waals surface area contributed by atoms with Crippen LogP contribution >= 0.6 is 0 Å². The second-order valence-electron chi connectivity index (χ2n) is 4.52. The van der Waals surface area contributed by atoms with Crippen molar-refractivity contribution in [3.05, 3.63) is 38.8 Å². The zero-order valence-corrected chi connectivity index (χ0v) is 10.5. The summed E-state index contributed by atoms with van der Waals surface area (Å²) in [5, 5.41) is 14.6. The molecule has 100 valence electrons. The minimum absolute atomic E-state index is 0.00630. The lowest BCUT2D eigenvalue weighted by Gasteiger charge is -2.22. The maximum atomic E-state index is 11.2. The summed E-state index contributed by atoms with van der Waals surface area (Å²) in [5.41, 5.74) is 9.27. The molecule has 1 fully saturated rings. The fraction of sp³-hybridized carbons (Fsp3) is 0.500. The van der Waals surface area contributed by atoms with Gasteiger partial charge in [0.25, 0.3) is 5.69 Å². The van der Waals surface area contributed by atoms with Crippen LogP contribution in [0.2, 0.25) is 0 Å². The standard InChI is InChI=1S/C12H15N5O2/c13-15-14-10-5-6-11(12(9-10)17(18)19)16-7-3-1-2-4-8-16/h5-6,9H,1-4,7-8H2. The molecule has 1 aliphatic rings. The number of benzene rings is 1. The highest BCUT2D eigenvalue weighted by Gasteiger charge is 2.20. The number of nitro benzene ring substituents is 1. The first-order chi connectivity index (χ1) is 9.22. The molecule has 7 nitrogen and oxygen atoms in total. The van der Waals surface area contributed by atoms with E-state index in [-0.39, 0.29) is 11.4 Å². The molecule has 0 radical (unpaired) electrons. The molecule has 1 saturated heterocycles. The van der Waals surface area contributed by atoms with Crippen molar-refractivity contribution in [1.82, 2.24) is 0 Å². The van der Waals surface area contributed by atoms with Gasteiger partial charge in [0.05, 0.1) is 4.92 Å². The van der Waals surface area contributed by atoms with Crippen LogP contribution in [-0.2, 0) is 0 Å². The number of hydrogen-bond donors (Lipinski definition) is 0. The van der Waals surface area contributed by atoms with Gasteiger partial charge in [-0.2, -0.15) is 0 Å². The second kappa shape index (κ2) is 6.06. The van der Waals surface area contributed by atoms with Crippen molar-refractivity contribution in [3.63, 3.8) is 0 Å². The quantitative estimate of drug-likeness (QED) is 0.271. The minimum atomic E-state index is -0.420. The van der Waals surface area contributed by atoms with Crippen molar-refractivity contribution in [2.75, 3.05) is 18.0 Å². The maximum absolute atomic E-state index is 11.2. The van der Waals surface area contributed by atoms with E-state index in [4.69, 9.17) is 5.53 Å². The first-order valence-corrected chi connectivity index (χ1v) is 6.31. The predicted molar refractivity (Wildman–Crippen MR) is 72.6 cm³/mol. The summed E-state index contributed by atoms with van der Waals surface area (Å²) < 4.78 is 0. The highest BCUT2D eigenvalue weighted by molar-refractivity contribution is 5.68. The third-order valence-electron chi connectivity index (χ3n) is 3.26. The molecule has 0 aliphatic carbocycles. The van der Waals surface area contributed by atoms with Crippen molar-refractivity contribution in [3.8, 4) is 0 Å². The fourth-order valence-electron chi connectivity index (χ4n) is 2.35. The summed E-state index contributed by atoms with van der Waals surface area (Å²) in [6, 6.07) is 4.63. The SMILES string of the molecule is [N-]=[N+]=Nc1ccc(N2CCCCCC2)c([N+](=O)[O-])c1. The van der Waals surface area contributed by atoms with E-state index in [1.165, 1.54) is 18.9 Å². The van der Waals surface area contributed by atoms with E-state index < -0.39 is 4.92 Å². The van der Waals surface area contributed by atoms with Crippen LogP contribution < -0.4 is 4.90 Å². The number of azide groups is 1. The van der Waals surface area contributed by atoms with Gasteiger partial charge in [0, 0.05) is 29.8 Å². The predicted octanol–water partition coefficient (Wildman–Crippen LogP) is 3.92. The van der Waals surface area contributed by atoms with Crippen LogP contribution in [-0.4, -0.2) is 18.0 Å². The molecular weight excluding hydrogens is 246 g/mol. The second-order valence-corrected chi connectivity index (χ2v) is 4.52. The van der Waals surface area contributed by atoms with Crippen LogP contribution in [0.5, 0.6) is 0 Å². The highest BCUT2D eigenvalue weighted by Crippen LogP contribution is 2.33. The van der Waals surface area contributed by atoms with Gasteiger partial charge >= 0.3 is 0 Å². The minimum Gasteiger partial charge on any atom is -0.366 e. The molecule has 0 amide bonds. The van der Waals surface area contributed by atoms with Gasteiger partial charge in [-0.1, -0.05) is 24.0 Å². The van der Waals surface area contributed by atoms with Crippen LogP contribution in [0.4, 0.5) is 17.1 Å². The number of nitrogens with zero attached hydrogens (tertiary/aromatic N) is 5. The number of anilines is 1. The molecule has 0 atom stereocenters. The Balaban J connectivity index is 2.37. The lowest BCUT2D eigenvalue weighted by atomic mass is 10.2. The lowest BCUT2D eigenvalue weighted by Crippen LogP contribution is -2.24. The summed E-state index contributed by atoms with van der Waals surface area (Å²) >= 11 is 0. The van der Waals surface area contributed by atoms with Crippen molar-refractivity contribution < 1.29 is 4.92 Å². The van der Waals surface area contributed by atoms with Gasteiger partial charge in [-0.3, -0.25) is 10.1 Å². The van der Waals surface area contributed by atoms with Crippen LogP contribution in [0, 0.1) is 10.1 Å². The molecule has 1 aromatic carbocycles. The first kappa shape index (κ1) is 13.2. The monoisotopic (exact) mass is 261 g/mol. The topological polar surface area (TPSA) is 95.1 Å². The molecule has 0 unspecified atom stereocenters. The van der Waals surface area contributed by atoms with Gasteiger partial charge < -0.3 is 4.90 Å². The third-order valence-corrected chi connectivity index (χ3v) is 3.26. The molecule has 0 spiro atoms. The summed E-state index contributed by atoms with van der Waals surface area (Å²) in [4.78, 5) is 15.4. The molecule has 19 heavy (non-hydrogen) atoms. The Morgan fingerprint density at radius 2 is 1.95 bits per heavy atom. The van der Waals surface area contributed by atoms with E-state index in [0.717, 1.165) is 25.9 Å². The van der Waals surface area contributed by atoms with Gasteiger partial charge in [-0.25, -0.2) is 0 Å². The Morgan fingerprint density at radius 3 is 2.53 bits per heavy atom. The average Bonchev–Trinajstić information content (AvgIpc) is 2.68. The van der Waals surface area contributed by atoms with E-state index in [1.54, 1.807) is 12.1 Å². The molecule has 2 rings (SSSR count). The van der Waals surface area contributed by atoms with Crippen LogP contribution in [0.25, 0.3) is 10.4 Å². The normalized spacial score (nSPS) is 15.5. The van der Waals surface area contributed by atoms with Crippen LogP contribution in [0.3, 0.4) is 0 Å². The van der Waals surface area contributed by atoms with Crippen molar-refractivity contribution >= 4 is 17.1 Å². The zero-order chi connectivity index (χ0) is 13.7. The van der Waals surface area contributed by atoms with Gasteiger partial charge in [0.1, 0.15) is 5.69 Å². The molecule has 1 aromatic rings. The van der Waals surface area contributed by atoms with E-state index in [1.807, 2.05) is 4.90 Å². The molecule has 7 heteroatoms. The number of rotatable bonds is 3. The Bertz CT molecular complexity index is 517. The van der Waals surface area contributed by atoms with Gasteiger partial charge in [-0.15, -0.1) is 0 Å². The van der Waals surface area contributed by atoms with E-state index >= 15 is 0 Å². The largest absolute Gasteiger partial charge is 0.366 e. The Hall–Kier alpha value is -2.27. The van der Waals surface area contributed by atoms with Gasteiger partial charge in [0.2, 0.25) is 0 Å². The van der Waals surface area contributed by atoms with Crippen molar-refractivity contribution in [1.29, 1.82) is 0 Å². The molecule has 0 saturated carbocycles. The summed E-state index contributed by atoms with van der Waals surface area (Å²) in [5.74, 6) is 0. The van der Waals surface area contributed by atoms with E-state index in [2.05, 4.69) is 10.0 Å². The average molecular weight is 261 g/mol. The zero-order valence-electron chi connectivity index (χ0n) is 10.5. The van der Waals surface area contributed by atoms with Crippen LogP contribution in [0.15, 0.2) is 23.3 Å². The van der Waals surface area contributed by atoms with E-state index in [9.17, 15) is 10.1 Å². The van der Waals surface area contributed by atoms with Gasteiger partial charge in [0.15, 0.2) is 0 Å². The lowest BCUT2D eigenvalue weighted by molar-refractivity contribution is -0.384. The highest BCUT2D eigenvalue weighted by atomic mass is 16.6. The fourth-order valence-corrected chi connectivity index (χ4v) is 2.35. The summed E-state index contributed by atoms with van der Waals surface area (Å²) in [6.07, 6.45) is 4.44. The third kappa shape index (κ3) is 3.14. The van der Waals surface area contributed by atoms with Crippen LogP contribution in [0.1, 0.15) is 25.7 Å². The molecule has 1 heterocycles. The molecule has 0 aromatic heterocycles. The van der Waals surface area contributed by atoms with Gasteiger partial charge in [-0.05, 0) is 24.4 Å².